The summed E-state index contributed by atoms with van der Waals surface area (Å²) in [5, 5.41) is 18.4. The maximum atomic E-state index is 13.2. The molecule has 1 saturated heterocycles. The van der Waals surface area contributed by atoms with E-state index in [1.807, 2.05) is 56.4 Å². The Balaban J connectivity index is 1.33. The van der Waals surface area contributed by atoms with Crippen molar-refractivity contribution in [2.45, 2.75) is 32.9 Å². The van der Waals surface area contributed by atoms with Crippen LogP contribution in [-0.4, -0.2) is 70.3 Å². The number of ether oxygens (including phenoxy) is 3. The number of nitrogens with one attached hydrogen (secondary N) is 1. The summed E-state index contributed by atoms with van der Waals surface area (Å²) < 4.78 is 19.0. The van der Waals surface area contributed by atoms with Crippen LogP contribution in [0.1, 0.15) is 40.8 Å². The number of rotatable bonds is 11. The van der Waals surface area contributed by atoms with Crippen LogP contribution in [0.25, 0.3) is 32.8 Å². The van der Waals surface area contributed by atoms with Crippen LogP contribution in [0.5, 0.6) is 5.75 Å². The summed E-state index contributed by atoms with van der Waals surface area (Å²) in [6.07, 6.45) is 1.34. The van der Waals surface area contributed by atoms with Crippen LogP contribution >= 0.6 is 0 Å². The number of nitrogens with zero attached hydrogens (tertiary/aromatic N) is 3. The largest absolute Gasteiger partial charge is 0.493 e. The molecule has 224 valence electrons. The quantitative estimate of drug-likeness (QED) is 0.162. The highest BCUT2D eigenvalue weighted by Gasteiger charge is 2.25. The molecule has 6 rings (SSSR count). The molecule has 2 aromatic heterocycles. The lowest BCUT2D eigenvalue weighted by Gasteiger charge is -2.26. The highest BCUT2D eigenvalue weighted by Crippen LogP contribution is 2.37. The topological polar surface area (TPSA) is 102 Å². The first-order valence-electron chi connectivity index (χ1n) is 15.0. The van der Waals surface area contributed by atoms with E-state index in [2.05, 4.69) is 28.1 Å². The fourth-order valence-electron chi connectivity index (χ4n) is 6.07. The fourth-order valence-corrected chi connectivity index (χ4v) is 6.07. The number of aromatic amines is 1. The van der Waals surface area contributed by atoms with E-state index in [1.54, 1.807) is 4.68 Å². The molecule has 43 heavy (non-hydrogen) atoms. The van der Waals surface area contributed by atoms with Gasteiger partial charge in [-0.05, 0) is 36.8 Å². The molecule has 1 aliphatic rings. The standard InChI is InChI=1S/C34H38N4O5/c1-3-42-34(40)33-26(14-8-18-43-30-15-6-10-23-9-4-5-11-24(23)30)25-12-7-13-27(32(25)35-33)31-28(36-37(2)29(31)22-39)21-38-16-19-41-20-17-38/h4-7,9-13,15,35,39H,3,8,14,16-22H2,1-2H3. The van der Waals surface area contributed by atoms with E-state index < -0.39 is 0 Å². The fraction of sp³-hybridized carbons (Fsp3) is 0.353. The molecule has 9 nitrogen and oxygen atoms in total. The van der Waals surface area contributed by atoms with E-state index >= 15 is 0 Å². The van der Waals surface area contributed by atoms with Crippen LogP contribution in [0.2, 0.25) is 0 Å². The Hall–Kier alpha value is -4.18. The highest BCUT2D eigenvalue weighted by atomic mass is 16.5. The van der Waals surface area contributed by atoms with E-state index in [9.17, 15) is 9.90 Å². The van der Waals surface area contributed by atoms with E-state index in [1.165, 1.54) is 0 Å². The van der Waals surface area contributed by atoms with E-state index in [0.29, 0.717) is 44.9 Å². The van der Waals surface area contributed by atoms with Gasteiger partial charge in [0.2, 0.25) is 0 Å². The molecular weight excluding hydrogens is 544 g/mol. The summed E-state index contributed by atoms with van der Waals surface area (Å²) >= 11 is 0. The van der Waals surface area contributed by atoms with Crippen molar-refractivity contribution in [3.63, 3.8) is 0 Å². The lowest BCUT2D eigenvalue weighted by molar-refractivity contribution is 0.0336. The average molecular weight is 583 g/mol. The summed E-state index contributed by atoms with van der Waals surface area (Å²) in [5.74, 6) is 0.475. The summed E-state index contributed by atoms with van der Waals surface area (Å²) in [7, 11) is 1.86. The molecule has 5 aromatic rings. The van der Waals surface area contributed by atoms with Crippen LogP contribution in [0.3, 0.4) is 0 Å². The molecule has 2 N–H and O–H groups in total. The minimum atomic E-state index is -0.378. The second-order valence-corrected chi connectivity index (χ2v) is 10.8. The molecule has 0 saturated carbocycles. The molecule has 0 bridgehead atoms. The third kappa shape index (κ3) is 5.88. The molecule has 0 amide bonds. The number of hydrogen-bond acceptors (Lipinski definition) is 7. The van der Waals surface area contributed by atoms with Gasteiger partial charge in [-0.1, -0.05) is 54.6 Å². The van der Waals surface area contributed by atoms with Crippen LogP contribution in [0, 0.1) is 0 Å². The first-order chi connectivity index (χ1) is 21.1. The third-order valence-corrected chi connectivity index (χ3v) is 8.13. The SMILES string of the molecule is CCOC(=O)c1[nH]c2c(-c3c(CN4CCOCC4)nn(C)c3CO)cccc2c1CCCOc1cccc2ccccc12. The van der Waals surface area contributed by atoms with Gasteiger partial charge in [-0.25, -0.2) is 4.79 Å². The molecule has 1 aliphatic heterocycles. The van der Waals surface area contributed by atoms with Gasteiger partial charge >= 0.3 is 5.97 Å². The number of aryl methyl sites for hydroxylation is 2. The smallest absolute Gasteiger partial charge is 0.355 e. The molecule has 3 aromatic carbocycles. The molecule has 0 unspecified atom stereocenters. The number of hydrogen-bond donors (Lipinski definition) is 2. The Morgan fingerprint density at radius 1 is 1.05 bits per heavy atom. The number of carbonyl (C=O) groups is 1. The van der Waals surface area contributed by atoms with Gasteiger partial charge in [0.05, 0.1) is 49.9 Å². The molecule has 0 aliphatic carbocycles. The van der Waals surface area contributed by atoms with Gasteiger partial charge in [0.15, 0.2) is 0 Å². The van der Waals surface area contributed by atoms with Crippen LogP contribution < -0.4 is 4.74 Å². The van der Waals surface area contributed by atoms with E-state index in [0.717, 1.165) is 68.6 Å². The number of carbonyl (C=O) groups excluding carboxylic acids is 1. The van der Waals surface area contributed by atoms with Gasteiger partial charge in [0, 0.05) is 48.6 Å². The van der Waals surface area contributed by atoms with Crippen molar-refractivity contribution < 1.29 is 24.1 Å². The number of H-pyrrole nitrogens is 1. The number of fused-ring (bicyclic) bond motifs is 2. The van der Waals surface area contributed by atoms with Crippen molar-refractivity contribution in [2.75, 3.05) is 39.5 Å². The average Bonchev–Trinajstić information content (AvgIpc) is 3.56. The van der Waals surface area contributed by atoms with Crippen LogP contribution in [-0.2, 0) is 36.1 Å². The van der Waals surface area contributed by atoms with Gasteiger partial charge in [-0.3, -0.25) is 9.58 Å². The lowest BCUT2D eigenvalue weighted by Crippen LogP contribution is -2.35. The molecule has 0 atom stereocenters. The van der Waals surface area contributed by atoms with Gasteiger partial charge in [-0.15, -0.1) is 0 Å². The van der Waals surface area contributed by atoms with Crippen molar-refractivity contribution in [2.24, 2.45) is 7.05 Å². The number of aliphatic hydroxyl groups excluding tert-OH is 1. The minimum Gasteiger partial charge on any atom is -0.493 e. The Morgan fingerprint density at radius 2 is 1.81 bits per heavy atom. The Bertz CT molecular complexity index is 1730. The number of aromatic nitrogens is 3. The molecule has 1 fully saturated rings. The zero-order valence-corrected chi connectivity index (χ0v) is 24.8. The van der Waals surface area contributed by atoms with Crippen molar-refractivity contribution in [3.05, 3.63) is 83.3 Å². The second kappa shape index (κ2) is 13.0. The molecule has 3 heterocycles. The second-order valence-electron chi connectivity index (χ2n) is 10.8. The number of para-hydroxylation sites is 1. The minimum absolute atomic E-state index is 0.151. The molecule has 9 heteroatoms. The zero-order chi connectivity index (χ0) is 29.8. The van der Waals surface area contributed by atoms with Crippen LogP contribution in [0.15, 0.2) is 60.7 Å². The normalized spacial score (nSPS) is 14.0. The maximum Gasteiger partial charge on any atom is 0.355 e. The number of esters is 1. The molecular formula is C34H38N4O5. The summed E-state index contributed by atoms with van der Waals surface area (Å²) in [6.45, 7) is 6.13. The van der Waals surface area contributed by atoms with Crippen molar-refractivity contribution in [3.8, 4) is 16.9 Å². The summed E-state index contributed by atoms with van der Waals surface area (Å²) in [5.41, 5.74) is 5.61. The molecule has 0 spiro atoms. The summed E-state index contributed by atoms with van der Waals surface area (Å²) in [4.78, 5) is 18.9. The van der Waals surface area contributed by atoms with Crippen molar-refractivity contribution >= 4 is 27.6 Å². The predicted octanol–water partition coefficient (Wildman–Crippen LogP) is 5.23. The van der Waals surface area contributed by atoms with E-state index in [-0.39, 0.29) is 19.2 Å². The van der Waals surface area contributed by atoms with Gasteiger partial charge in [0.25, 0.3) is 0 Å². The number of morpholine rings is 1. The molecule has 0 radical (unpaired) electrons. The van der Waals surface area contributed by atoms with Crippen molar-refractivity contribution in [1.82, 2.24) is 19.7 Å². The Labute approximate surface area is 251 Å². The monoisotopic (exact) mass is 582 g/mol. The Kier molecular flexibility index (Phi) is 8.74. The number of benzene rings is 3. The van der Waals surface area contributed by atoms with Gasteiger partial charge in [0.1, 0.15) is 11.4 Å². The lowest BCUT2D eigenvalue weighted by atomic mass is 9.98. The van der Waals surface area contributed by atoms with Crippen molar-refractivity contribution in [1.29, 1.82) is 0 Å². The summed E-state index contributed by atoms with van der Waals surface area (Å²) in [6, 6.07) is 20.3. The van der Waals surface area contributed by atoms with Crippen LogP contribution in [0.4, 0.5) is 0 Å². The maximum absolute atomic E-state index is 13.2. The first-order valence-corrected chi connectivity index (χ1v) is 15.0. The highest BCUT2D eigenvalue weighted by molar-refractivity contribution is 6.04. The van der Waals surface area contributed by atoms with Gasteiger partial charge < -0.3 is 24.3 Å². The third-order valence-electron chi connectivity index (χ3n) is 8.13. The zero-order valence-electron chi connectivity index (χ0n) is 24.8. The van der Waals surface area contributed by atoms with E-state index in [4.69, 9.17) is 19.3 Å². The first kappa shape index (κ1) is 28.9. The number of aliphatic hydroxyl groups is 1. The van der Waals surface area contributed by atoms with Gasteiger partial charge in [-0.2, -0.15) is 5.10 Å². The Morgan fingerprint density at radius 3 is 2.63 bits per heavy atom. The predicted molar refractivity (Wildman–Crippen MR) is 166 cm³/mol.